The van der Waals surface area contributed by atoms with Crippen LogP contribution >= 0.6 is 35.0 Å². The zero-order valence-electron chi connectivity index (χ0n) is 8.84. The summed E-state index contributed by atoms with van der Waals surface area (Å²) in [7, 11) is 0. The van der Waals surface area contributed by atoms with E-state index in [1.54, 1.807) is 17.8 Å². The molecule has 2 rings (SSSR count). The van der Waals surface area contributed by atoms with Gasteiger partial charge in [-0.25, -0.2) is 0 Å². The van der Waals surface area contributed by atoms with Crippen molar-refractivity contribution in [3.63, 3.8) is 0 Å². The van der Waals surface area contributed by atoms with Crippen LogP contribution in [0.1, 0.15) is 18.5 Å². The minimum Gasteiger partial charge on any atom is -0.358 e. The van der Waals surface area contributed by atoms with E-state index in [2.05, 4.69) is 17.2 Å². The van der Waals surface area contributed by atoms with Gasteiger partial charge in [0.05, 0.1) is 12.6 Å². The summed E-state index contributed by atoms with van der Waals surface area (Å²) in [6.07, 6.45) is 0. The summed E-state index contributed by atoms with van der Waals surface area (Å²) in [5, 5.41) is 5.69. The zero-order valence-corrected chi connectivity index (χ0v) is 11.2. The Hall–Kier alpha value is -0.380. The van der Waals surface area contributed by atoms with Gasteiger partial charge in [0.2, 0.25) is 0 Å². The number of aliphatic imine (C=N–C) groups is 1. The third-order valence-corrected chi connectivity index (χ3v) is 3.82. The molecule has 1 aromatic carbocycles. The number of benzene rings is 1. The van der Waals surface area contributed by atoms with Crippen LogP contribution < -0.4 is 5.32 Å². The highest BCUT2D eigenvalue weighted by Crippen LogP contribution is 2.26. The van der Waals surface area contributed by atoms with Crippen LogP contribution in [0, 0.1) is 0 Å². The van der Waals surface area contributed by atoms with Gasteiger partial charge >= 0.3 is 0 Å². The van der Waals surface area contributed by atoms with Crippen LogP contribution in [-0.2, 0) is 0 Å². The maximum Gasteiger partial charge on any atom is 0.157 e. The molecular formula is C11H12Cl2N2S. The average molecular weight is 275 g/mol. The lowest BCUT2D eigenvalue weighted by Crippen LogP contribution is -2.23. The summed E-state index contributed by atoms with van der Waals surface area (Å²) < 4.78 is 0. The first kappa shape index (κ1) is 12.1. The minimum atomic E-state index is 0.147. The summed E-state index contributed by atoms with van der Waals surface area (Å²) in [5.74, 6) is 1.06. The SMILES string of the molecule is CC(NC1=NCCS1)c1ccc(Cl)cc1Cl. The molecule has 0 radical (unpaired) electrons. The second-order valence-corrected chi connectivity index (χ2v) is 5.49. The molecule has 0 aliphatic carbocycles. The molecule has 0 saturated heterocycles. The van der Waals surface area contributed by atoms with Crippen molar-refractivity contribution in [3.05, 3.63) is 33.8 Å². The van der Waals surface area contributed by atoms with Gasteiger partial charge in [0, 0.05) is 15.8 Å². The maximum atomic E-state index is 6.14. The summed E-state index contributed by atoms with van der Waals surface area (Å²) >= 11 is 13.7. The van der Waals surface area contributed by atoms with E-state index in [1.165, 1.54) is 0 Å². The summed E-state index contributed by atoms with van der Waals surface area (Å²) in [6, 6.07) is 5.71. The molecule has 0 amide bonds. The highest BCUT2D eigenvalue weighted by atomic mass is 35.5. The molecule has 1 unspecified atom stereocenters. The standard InChI is InChI=1S/C11H12Cl2N2S/c1-7(15-11-14-4-5-16-11)9-3-2-8(12)6-10(9)13/h2-3,6-7H,4-5H2,1H3,(H,14,15). The van der Waals surface area contributed by atoms with E-state index in [-0.39, 0.29) is 6.04 Å². The lowest BCUT2D eigenvalue weighted by atomic mass is 10.1. The Morgan fingerprint density at radius 2 is 2.25 bits per heavy atom. The zero-order chi connectivity index (χ0) is 11.5. The van der Waals surface area contributed by atoms with Crippen LogP contribution in [0.3, 0.4) is 0 Å². The minimum absolute atomic E-state index is 0.147. The van der Waals surface area contributed by atoms with Gasteiger partial charge < -0.3 is 5.32 Å². The van der Waals surface area contributed by atoms with Crippen molar-refractivity contribution < 1.29 is 0 Å². The molecule has 1 heterocycles. The van der Waals surface area contributed by atoms with Crippen LogP contribution in [0.15, 0.2) is 23.2 Å². The molecule has 1 aliphatic rings. The molecule has 2 nitrogen and oxygen atoms in total. The van der Waals surface area contributed by atoms with Crippen molar-refractivity contribution in [1.29, 1.82) is 0 Å². The molecule has 0 aromatic heterocycles. The highest BCUT2D eigenvalue weighted by Gasteiger charge is 2.14. The van der Waals surface area contributed by atoms with E-state index in [4.69, 9.17) is 23.2 Å². The first-order chi connectivity index (χ1) is 7.66. The molecule has 1 atom stereocenters. The molecule has 0 saturated carbocycles. The molecule has 0 bridgehead atoms. The molecule has 1 aliphatic heterocycles. The monoisotopic (exact) mass is 274 g/mol. The predicted octanol–water partition coefficient (Wildman–Crippen LogP) is 3.75. The number of halogens is 2. The van der Waals surface area contributed by atoms with Crippen molar-refractivity contribution >= 4 is 40.1 Å². The first-order valence-electron chi connectivity index (χ1n) is 5.05. The Bertz CT molecular complexity index is 420. The lowest BCUT2D eigenvalue weighted by Gasteiger charge is -2.16. The van der Waals surface area contributed by atoms with Crippen molar-refractivity contribution in [2.45, 2.75) is 13.0 Å². The van der Waals surface area contributed by atoms with E-state index >= 15 is 0 Å². The predicted molar refractivity (Wildman–Crippen MR) is 72.8 cm³/mol. The van der Waals surface area contributed by atoms with Crippen LogP contribution in [-0.4, -0.2) is 17.5 Å². The molecule has 86 valence electrons. The van der Waals surface area contributed by atoms with Gasteiger partial charge in [-0.2, -0.15) is 0 Å². The fourth-order valence-corrected chi connectivity index (χ4v) is 2.93. The molecule has 0 spiro atoms. The van der Waals surface area contributed by atoms with Crippen molar-refractivity contribution in [3.8, 4) is 0 Å². The summed E-state index contributed by atoms with van der Waals surface area (Å²) in [4.78, 5) is 4.35. The van der Waals surface area contributed by atoms with Gasteiger partial charge in [-0.1, -0.05) is 41.0 Å². The van der Waals surface area contributed by atoms with Gasteiger partial charge in [-0.3, -0.25) is 4.99 Å². The smallest absolute Gasteiger partial charge is 0.157 e. The number of nitrogens with one attached hydrogen (secondary N) is 1. The summed E-state index contributed by atoms with van der Waals surface area (Å²) in [5.41, 5.74) is 1.04. The number of amidine groups is 1. The Balaban J connectivity index is 2.10. The second-order valence-electron chi connectivity index (χ2n) is 3.57. The van der Waals surface area contributed by atoms with Crippen molar-refractivity contribution in [1.82, 2.24) is 5.32 Å². The van der Waals surface area contributed by atoms with Crippen molar-refractivity contribution in [2.24, 2.45) is 4.99 Å². The Labute approximate surface area is 109 Å². The first-order valence-corrected chi connectivity index (χ1v) is 6.79. The maximum absolute atomic E-state index is 6.14. The third kappa shape index (κ3) is 2.84. The Morgan fingerprint density at radius 3 is 2.88 bits per heavy atom. The quantitative estimate of drug-likeness (QED) is 0.889. The number of hydrogen-bond donors (Lipinski definition) is 1. The Kier molecular flexibility index (Phi) is 4.00. The lowest BCUT2D eigenvalue weighted by molar-refractivity contribution is 0.723. The van der Waals surface area contributed by atoms with Gasteiger partial charge in [0.1, 0.15) is 0 Å². The van der Waals surface area contributed by atoms with Crippen LogP contribution in [0.2, 0.25) is 10.0 Å². The second kappa shape index (κ2) is 5.30. The van der Waals surface area contributed by atoms with E-state index < -0.39 is 0 Å². The van der Waals surface area contributed by atoms with Crippen LogP contribution in [0.5, 0.6) is 0 Å². The topological polar surface area (TPSA) is 24.4 Å². The van der Waals surface area contributed by atoms with Gasteiger partial charge in [-0.15, -0.1) is 0 Å². The van der Waals surface area contributed by atoms with Gasteiger partial charge in [-0.05, 0) is 24.6 Å². The highest BCUT2D eigenvalue weighted by molar-refractivity contribution is 8.14. The molecule has 0 fully saturated rings. The molecule has 5 heteroatoms. The molecule has 16 heavy (non-hydrogen) atoms. The summed E-state index contributed by atoms with van der Waals surface area (Å²) in [6.45, 7) is 2.96. The van der Waals surface area contributed by atoms with Crippen LogP contribution in [0.25, 0.3) is 0 Å². The fourth-order valence-electron chi connectivity index (χ4n) is 1.54. The van der Waals surface area contributed by atoms with Crippen molar-refractivity contribution in [2.75, 3.05) is 12.3 Å². The average Bonchev–Trinajstić information content (AvgIpc) is 2.70. The van der Waals surface area contributed by atoms with E-state index in [0.29, 0.717) is 10.0 Å². The van der Waals surface area contributed by atoms with Crippen LogP contribution in [0.4, 0.5) is 0 Å². The normalized spacial score (nSPS) is 17.1. The molecular weight excluding hydrogens is 263 g/mol. The van der Waals surface area contributed by atoms with E-state index in [0.717, 1.165) is 23.0 Å². The van der Waals surface area contributed by atoms with Gasteiger partial charge in [0.15, 0.2) is 5.17 Å². The van der Waals surface area contributed by atoms with E-state index in [1.807, 2.05) is 12.1 Å². The number of hydrogen-bond acceptors (Lipinski definition) is 3. The molecule has 1 aromatic rings. The molecule has 1 N–H and O–H groups in total. The van der Waals surface area contributed by atoms with E-state index in [9.17, 15) is 0 Å². The third-order valence-electron chi connectivity index (χ3n) is 2.35. The van der Waals surface area contributed by atoms with Gasteiger partial charge in [0.25, 0.3) is 0 Å². The number of nitrogens with zero attached hydrogens (tertiary/aromatic N) is 1. The largest absolute Gasteiger partial charge is 0.358 e. The fraction of sp³-hybridized carbons (Fsp3) is 0.364. The number of thioether (sulfide) groups is 1. The Morgan fingerprint density at radius 1 is 1.44 bits per heavy atom. The number of rotatable bonds is 2.